The summed E-state index contributed by atoms with van der Waals surface area (Å²) in [5.74, 6) is 0.913. The van der Waals surface area contributed by atoms with Crippen LogP contribution in [0.25, 0.3) is 0 Å². The predicted molar refractivity (Wildman–Crippen MR) is 67.0 cm³/mol. The van der Waals surface area contributed by atoms with Crippen LogP contribution < -0.4 is 0 Å². The summed E-state index contributed by atoms with van der Waals surface area (Å²) in [4.78, 5) is 4.20. The third-order valence-corrected chi connectivity index (χ3v) is 4.01. The number of rotatable bonds is 7. The molecule has 0 fully saturated rings. The molecule has 0 saturated carbocycles. The van der Waals surface area contributed by atoms with Gasteiger partial charge >= 0.3 is 0 Å². The molecular weight excluding hydrogens is 220 g/mol. The summed E-state index contributed by atoms with van der Waals surface area (Å²) in [5, 5.41) is 0. The van der Waals surface area contributed by atoms with Crippen LogP contribution in [0.1, 0.15) is 5.82 Å². The second kappa shape index (κ2) is 6.17. The number of imidazole rings is 1. The van der Waals surface area contributed by atoms with E-state index in [4.69, 9.17) is 9.47 Å². The lowest BCUT2D eigenvalue weighted by Gasteiger charge is -2.15. The van der Waals surface area contributed by atoms with Crippen LogP contribution in [0.15, 0.2) is 12.4 Å². The van der Waals surface area contributed by atoms with Crippen LogP contribution in [0.2, 0.25) is 25.7 Å². The molecule has 1 heterocycles. The lowest BCUT2D eigenvalue weighted by atomic mass is 10.6. The quantitative estimate of drug-likeness (QED) is 0.544. The maximum Gasteiger partial charge on any atom is 0.136 e. The monoisotopic (exact) mass is 242 g/mol. The molecule has 0 saturated heterocycles. The maximum absolute atomic E-state index is 5.64. The number of hydrogen-bond acceptors (Lipinski definition) is 3. The Balaban J connectivity index is 2.29. The zero-order valence-electron chi connectivity index (χ0n) is 10.7. The molecule has 5 heteroatoms. The van der Waals surface area contributed by atoms with Gasteiger partial charge in [-0.05, 0) is 6.04 Å². The number of ether oxygens (including phenoxy) is 2. The van der Waals surface area contributed by atoms with E-state index in [0.717, 1.165) is 12.4 Å². The molecule has 0 atom stereocenters. The summed E-state index contributed by atoms with van der Waals surface area (Å²) in [7, 11) is 0.689. The van der Waals surface area contributed by atoms with Gasteiger partial charge in [0.1, 0.15) is 19.2 Å². The second-order valence-electron chi connectivity index (χ2n) is 5.09. The van der Waals surface area contributed by atoms with E-state index in [-0.39, 0.29) is 0 Å². The molecule has 0 aliphatic rings. The van der Waals surface area contributed by atoms with Crippen molar-refractivity contribution in [1.29, 1.82) is 0 Å². The summed E-state index contributed by atoms with van der Waals surface area (Å²) in [6, 6.07) is 1.20. The minimum Gasteiger partial charge on any atom is -0.377 e. The van der Waals surface area contributed by atoms with Crippen molar-refractivity contribution >= 4 is 8.07 Å². The first-order chi connectivity index (χ1) is 7.53. The molecule has 0 unspecified atom stereocenters. The highest BCUT2D eigenvalue weighted by molar-refractivity contribution is 6.76. The van der Waals surface area contributed by atoms with Gasteiger partial charge in [-0.25, -0.2) is 4.98 Å². The summed E-state index contributed by atoms with van der Waals surface area (Å²) in [5.41, 5.74) is 0. The highest BCUT2D eigenvalue weighted by Crippen LogP contribution is 2.08. The molecular formula is C11H22N2O2Si. The van der Waals surface area contributed by atoms with Gasteiger partial charge < -0.3 is 14.0 Å². The van der Waals surface area contributed by atoms with Gasteiger partial charge in [-0.1, -0.05) is 19.6 Å². The van der Waals surface area contributed by atoms with Crippen molar-refractivity contribution in [2.75, 3.05) is 13.7 Å². The zero-order chi connectivity index (χ0) is 12.0. The molecule has 0 radical (unpaired) electrons. The molecule has 0 amide bonds. The molecule has 0 bridgehead atoms. The van der Waals surface area contributed by atoms with E-state index < -0.39 is 8.07 Å². The molecule has 92 valence electrons. The molecule has 4 nitrogen and oxygen atoms in total. The standard InChI is InChI=1S/C11H22N2O2Si/c1-14-9-11-12-5-6-13(11)10-15-7-8-16(2,3)4/h5-6H,7-10H2,1-4H3. The number of aromatic nitrogens is 2. The summed E-state index contributed by atoms with van der Waals surface area (Å²) in [6.45, 7) is 8.99. The van der Waals surface area contributed by atoms with Crippen LogP contribution in [0, 0.1) is 0 Å². The predicted octanol–water partition coefficient (Wildman–Crippen LogP) is 2.34. The van der Waals surface area contributed by atoms with Gasteiger partial charge in [-0.15, -0.1) is 0 Å². The van der Waals surface area contributed by atoms with Gasteiger partial charge in [-0.3, -0.25) is 0 Å². The van der Waals surface area contributed by atoms with Crippen molar-refractivity contribution in [1.82, 2.24) is 9.55 Å². The lowest BCUT2D eigenvalue weighted by Crippen LogP contribution is -2.22. The molecule has 1 aromatic heterocycles. The molecule has 0 spiro atoms. The molecule has 16 heavy (non-hydrogen) atoms. The lowest BCUT2D eigenvalue weighted by molar-refractivity contribution is 0.0787. The highest BCUT2D eigenvalue weighted by atomic mass is 28.3. The van der Waals surface area contributed by atoms with Crippen molar-refractivity contribution in [3.05, 3.63) is 18.2 Å². The Hall–Kier alpha value is -0.653. The third-order valence-electron chi connectivity index (χ3n) is 2.30. The van der Waals surface area contributed by atoms with Crippen LogP contribution in [-0.4, -0.2) is 31.3 Å². The van der Waals surface area contributed by atoms with Gasteiger partial charge in [0, 0.05) is 34.2 Å². The van der Waals surface area contributed by atoms with Crippen LogP contribution in [0.5, 0.6) is 0 Å². The van der Waals surface area contributed by atoms with Gasteiger partial charge in [0.2, 0.25) is 0 Å². The van der Waals surface area contributed by atoms with E-state index in [9.17, 15) is 0 Å². The van der Waals surface area contributed by atoms with E-state index in [2.05, 4.69) is 24.6 Å². The van der Waals surface area contributed by atoms with Crippen molar-refractivity contribution < 1.29 is 9.47 Å². The van der Waals surface area contributed by atoms with Crippen molar-refractivity contribution in [3.63, 3.8) is 0 Å². The Bertz CT molecular complexity index is 307. The first-order valence-corrected chi connectivity index (χ1v) is 9.30. The largest absolute Gasteiger partial charge is 0.377 e. The number of methoxy groups -OCH3 is 1. The van der Waals surface area contributed by atoms with Crippen LogP contribution >= 0.6 is 0 Å². The third kappa shape index (κ3) is 4.91. The second-order valence-corrected chi connectivity index (χ2v) is 10.7. The number of nitrogens with zero attached hydrogens (tertiary/aromatic N) is 2. The fraction of sp³-hybridized carbons (Fsp3) is 0.727. The van der Waals surface area contributed by atoms with Gasteiger partial charge in [-0.2, -0.15) is 0 Å². The average Bonchev–Trinajstić information content (AvgIpc) is 2.60. The van der Waals surface area contributed by atoms with Crippen LogP contribution in [0.4, 0.5) is 0 Å². The normalized spacial score (nSPS) is 12.0. The number of hydrogen-bond donors (Lipinski definition) is 0. The molecule has 0 aliphatic heterocycles. The Morgan fingerprint density at radius 2 is 2.12 bits per heavy atom. The average molecular weight is 242 g/mol. The molecule has 0 aliphatic carbocycles. The summed E-state index contributed by atoms with van der Waals surface area (Å²) < 4.78 is 12.7. The first-order valence-electron chi connectivity index (χ1n) is 5.59. The minimum atomic E-state index is -0.983. The Morgan fingerprint density at radius 3 is 2.75 bits per heavy atom. The Labute approximate surface area is 98.6 Å². The topological polar surface area (TPSA) is 36.3 Å². The molecule has 0 aromatic carbocycles. The zero-order valence-corrected chi connectivity index (χ0v) is 11.7. The Morgan fingerprint density at radius 1 is 1.38 bits per heavy atom. The molecule has 0 N–H and O–H groups in total. The molecule has 1 aromatic rings. The maximum atomic E-state index is 5.64. The fourth-order valence-electron chi connectivity index (χ4n) is 1.27. The van der Waals surface area contributed by atoms with E-state index in [1.807, 2.05) is 10.8 Å². The minimum absolute atomic E-state index is 0.532. The van der Waals surface area contributed by atoms with E-state index in [0.29, 0.717) is 13.3 Å². The highest BCUT2D eigenvalue weighted by Gasteiger charge is 2.12. The molecule has 1 rings (SSSR count). The van der Waals surface area contributed by atoms with Crippen LogP contribution in [0.3, 0.4) is 0 Å². The van der Waals surface area contributed by atoms with Crippen molar-refractivity contribution in [2.45, 2.75) is 39.0 Å². The van der Waals surface area contributed by atoms with Gasteiger partial charge in [0.15, 0.2) is 0 Å². The van der Waals surface area contributed by atoms with E-state index in [1.54, 1.807) is 13.3 Å². The fourth-order valence-corrected chi connectivity index (χ4v) is 2.02. The smallest absolute Gasteiger partial charge is 0.136 e. The van der Waals surface area contributed by atoms with Crippen molar-refractivity contribution in [2.24, 2.45) is 0 Å². The van der Waals surface area contributed by atoms with E-state index in [1.165, 1.54) is 6.04 Å². The van der Waals surface area contributed by atoms with Crippen molar-refractivity contribution in [3.8, 4) is 0 Å². The van der Waals surface area contributed by atoms with Gasteiger partial charge in [0.05, 0.1) is 0 Å². The SMILES string of the molecule is COCc1nccn1COCC[Si](C)(C)C. The Kier molecular flexibility index (Phi) is 5.17. The summed E-state index contributed by atoms with van der Waals surface area (Å²) in [6.07, 6.45) is 3.69. The van der Waals surface area contributed by atoms with Crippen LogP contribution in [-0.2, 0) is 22.8 Å². The van der Waals surface area contributed by atoms with Gasteiger partial charge in [0.25, 0.3) is 0 Å². The first kappa shape index (κ1) is 13.4. The summed E-state index contributed by atoms with van der Waals surface area (Å²) >= 11 is 0. The van der Waals surface area contributed by atoms with E-state index >= 15 is 0 Å².